The van der Waals surface area contributed by atoms with E-state index in [1.54, 1.807) is 43.2 Å². The molecule has 5 rings (SSSR count). The molecule has 0 unspecified atom stereocenters. The van der Waals surface area contributed by atoms with Gasteiger partial charge in [0, 0.05) is 37.2 Å². The molecule has 166 valence electrons. The predicted molar refractivity (Wildman–Crippen MR) is 122 cm³/mol. The average molecular weight is 433 g/mol. The Labute approximate surface area is 188 Å². The van der Waals surface area contributed by atoms with Crippen LogP contribution in [0, 0.1) is 5.92 Å². The number of hydroxylamine groups is 1. The van der Waals surface area contributed by atoms with Crippen LogP contribution in [0.2, 0.25) is 0 Å². The van der Waals surface area contributed by atoms with E-state index < -0.39 is 0 Å². The zero-order valence-electron chi connectivity index (χ0n) is 19.1. The summed E-state index contributed by atoms with van der Waals surface area (Å²) in [5, 5.41) is 6.45. The topological polar surface area (TPSA) is 59.8 Å². The smallest absolute Gasteiger partial charge is 0.256 e. The molecule has 7 heteroatoms. The monoisotopic (exact) mass is 432 g/mol. The van der Waals surface area contributed by atoms with Crippen LogP contribution in [-0.4, -0.2) is 48.4 Å². The summed E-state index contributed by atoms with van der Waals surface area (Å²) in [5.74, 6) is 1.05. The second-order valence-corrected chi connectivity index (χ2v) is 9.20. The van der Waals surface area contributed by atoms with Gasteiger partial charge in [-0.1, -0.05) is 32.0 Å². The fraction of sp³-hybridized carbons (Fsp3) is 0.360. The number of amides is 1. The standard InChI is InChI=1S/C25H28N4O3/c1-25(2)19-12-17(28-14-16(13-26-28)24(30)27(3)4)10-11-21(19)29(31-5)23-18-8-6-7-9-22(18)32-15-20(23)25/h6-14,20,23H,15H2,1-5H3/t20-,23+/m0/s1. The summed E-state index contributed by atoms with van der Waals surface area (Å²) < 4.78 is 7.91. The minimum atomic E-state index is -0.173. The molecular formula is C25H28N4O3. The molecule has 0 saturated heterocycles. The lowest BCUT2D eigenvalue weighted by molar-refractivity contribution is 0.0441. The lowest BCUT2D eigenvalue weighted by Crippen LogP contribution is -2.51. The molecule has 2 aliphatic rings. The maximum atomic E-state index is 12.3. The molecule has 7 nitrogen and oxygen atoms in total. The number of carbonyl (C=O) groups is 1. The number of rotatable bonds is 3. The molecule has 0 aliphatic carbocycles. The summed E-state index contributed by atoms with van der Waals surface area (Å²) in [7, 11) is 5.19. The minimum Gasteiger partial charge on any atom is -0.493 e. The third-order valence-electron chi connectivity index (χ3n) is 6.83. The van der Waals surface area contributed by atoms with Crippen LogP contribution in [-0.2, 0) is 10.3 Å². The van der Waals surface area contributed by atoms with Crippen molar-refractivity contribution in [3.05, 3.63) is 71.5 Å². The summed E-state index contributed by atoms with van der Waals surface area (Å²) in [6.07, 6.45) is 3.38. The number of carbonyl (C=O) groups excluding carboxylic acids is 1. The largest absolute Gasteiger partial charge is 0.493 e. The van der Waals surface area contributed by atoms with Gasteiger partial charge in [-0.15, -0.1) is 0 Å². The van der Waals surface area contributed by atoms with Crippen LogP contribution >= 0.6 is 0 Å². The maximum Gasteiger partial charge on any atom is 0.256 e. The normalized spacial score (nSPS) is 20.6. The predicted octanol–water partition coefficient (Wildman–Crippen LogP) is 3.98. The van der Waals surface area contributed by atoms with Crippen molar-refractivity contribution in [1.29, 1.82) is 0 Å². The molecular weight excluding hydrogens is 404 g/mol. The van der Waals surface area contributed by atoms with Gasteiger partial charge in [-0.25, -0.2) is 9.75 Å². The highest BCUT2D eigenvalue weighted by Gasteiger charge is 2.50. The van der Waals surface area contributed by atoms with Crippen LogP contribution in [0.3, 0.4) is 0 Å². The highest BCUT2D eigenvalue weighted by molar-refractivity contribution is 5.93. The molecule has 1 amide bonds. The molecule has 0 bridgehead atoms. The molecule has 2 atom stereocenters. The fourth-order valence-corrected chi connectivity index (χ4v) is 5.01. The van der Waals surface area contributed by atoms with E-state index in [1.807, 2.05) is 29.3 Å². The first-order valence-electron chi connectivity index (χ1n) is 10.8. The van der Waals surface area contributed by atoms with Gasteiger partial charge < -0.3 is 9.64 Å². The molecule has 2 aliphatic heterocycles. The molecule has 1 aromatic heterocycles. The number of nitrogens with zero attached hydrogens (tertiary/aromatic N) is 4. The number of hydrogen-bond donors (Lipinski definition) is 0. The second kappa shape index (κ2) is 7.38. The van der Waals surface area contributed by atoms with Crippen LogP contribution in [0.4, 0.5) is 5.69 Å². The molecule has 0 saturated carbocycles. The van der Waals surface area contributed by atoms with Gasteiger partial charge in [-0.2, -0.15) is 5.10 Å². The van der Waals surface area contributed by atoms with Crippen LogP contribution in [0.5, 0.6) is 5.75 Å². The molecule has 0 radical (unpaired) electrons. The van der Waals surface area contributed by atoms with Gasteiger partial charge in [0.05, 0.1) is 42.9 Å². The highest BCUT2D eigenvalue weighted by Crippen LogP contribution is 2.55. The number of anilines is 1. The number of aromatic nitrogens is 2. The highest BCUT2D eigenvalue weighted by atomic mass is 16.7. The Hall–Kier alpha value is -3.32. The lowest BCUT2D eigenvalue weighted by atomic mass is 9.65. The SMILES string of the molecule is CON1c2ccc(-n3cc(C(=O)N(C)C)cn3)cc2C(C)(C)[C@H]2COc3ccccc3[C@H]21. The van der Waals surface area contributed by atoms with E-state index in [-0.39, 0.29) is 23.3 Å². The van der Waals surface area contributed by atoms with Gasteiger partial charge >= 0.3 is 0 Å². The van der Waals surface area contributed by atoms with Crippen molar-refractivity contribution in [2.45, 2.75) is 25.3 Å². The molecule has 3 aromatic rings. The van der Waals surface area contributed by atoms with Crippen LogP contribution in [0.1, 0.15) is 41.4 Å². The van der Waals surface area contributed by atoms with Crippen LogP contribution in [0.15, 0.2) is 54.9 Å². The van der Waals surface area contributed by atoms with Crippen molar-refractivity contribution >= 4 is 11.6 Å². The van der Waals surface area contributed by atoms with Gasteiger partial charge in [0.1, 0.15) is 5.75 Å². The first-order valence-corrected chi connectivity index (χ1v) is 10.8. The average Bonchev–Trinajstić information content (AvgIpc) is 3.28. The zero-order chi connectivity index (χ0) is 22.6. The van der Waals surface area contributed by atoms with Gasteiger partial charge in [-0.05, 0) is 29.8 Å². The molecule has 2 aromatic carbocycles. The van der Waals surface area contributed by atoms with E-state index in [0.29, 0.717) is 12.2 Å². The van der Waals surface area contributed by atoms with Crippen molar-refractivity contribution in [2.24, 2.45) is 5.92 Å². The number of fused-ring (bicyclic) bond motifs is 4. The van der Waals surface area contributed by atoms with E-state index in [0.717, 1.165) is 28.3 Å². The fourth-order valence-electron chi connectivity index (χ4n) is 5.01. The molecule has 0 spiro atoms. The van der Waals surface area contributed by atoms with Crippen molar-refractivity contribution in [2.75, 3.05) is 32.9 Å². The quantitative estimate of drug-likeness (QED) is 0.627. The minimum absolute atomic E-state index is 0.0623. The number of para-hydroxylation sites is 1. The summed E-state index contributed by atoms with van der Waals surface area (Å²) in [4.78, 5) is 19.8. The summed E-state index contributed by atoms with van der Waals surface area (Å²) in [6.45, 7) is 5.14. The lowest BCUT2D eigenvalue weighted by Gasteiger charge is -2.52. The van der Waals surface area contributed by atoms with Gasteiger partial charge in [-0.3, -0.25) is 9.63 Å². The van der Waals surface area contributed by atoms with Gasteiger partial charge in [0.15, 0.2) is 0 Å². The van der Waals surface area contributed by atoms with E-state index in [4.69, 9.17) is 9.57 Å². The van der Waals surface area contributed by atoms with E-state index >= 15 is 0 Å². The Kier molecular flexibility index (Phi) is 4.74. The molecule has 32 heavy (non-hydrogen) atoms. The van der Waals surface area contributed by atoms with Crippen molar-refractivity contribution in [3.63, 3.8) is 0 Å². The molecule has 3 heterocycles. The maximum absolute atomic E-state index is 12.3. The van der Waals surface area contributed by atoms with E-state index in [1.165, 1.54) is 0 Å². The second-order valence-electron chi connectivity index (χ2n) is 9.20. The van der Waals surface area contributed by atoms with Crippen LogP contribution < -0.4 is 9.80 Å². The van der Waals surface area contributed by atoms with E-state index in [9.17, 15) is 4.79 Å². The van der Waals surface area contributed by atoms with Crippen molar-refractivity contribution in [1.82, 2.24) is 14.7 Å². The first-order chi connectivity index (χ1) is 15.3. The Morgan fingerprint density at radius 2 is 2.00 bits per heavy atom. The zero-order valence-corrected chi connectivity index (χ0v) is 19.1. The van der Waals surface area contributed by atoms with E-state index in [2.05, 4.69) is 37.1 Å². The summed E-state index contributed by atoms with van der Waals surface area (Å²) >= 11 is 0. The third kappa shape index (κ3) is 2.99. The number of hydrogen-bond acceptors (Lipinski definition) is 5. The number of benzene rings is 2. The first kappa shape index (κ1) is 20.6. The van der Waals surface area contributed by atoms with Gasteiger partial charge in [0.25, 0.3) is 5.91 Å². The van der Waals surface area contributed by atoms with Crippen LogP contribution in [0.25, 0.3) is 5.69 Å². The Balaban J connectivity index is 1.60. The third-order valence-corrected chi connectivity index (χ3v) is 6.83. The van der Waals surface area contributed by atoms with Crippen molar-refractivity contribution < 1.29 is 14.4 Å². The summed E-state index contributed by atoms with van der Waals surface area (Å²) in [5.41, 5.74) is 4.64. The Bertz CT molecular complexity index is 1180. The number of ether oxygens (including phenoxy) is 1. The van der Waals surface area contributed by atoms with Crippen molar-refractivity contribution in [3.8, 4) is 11.4 Å². The summed E-state index contributed by atoms with van der Waals surface area (Å²) in [6, 6.07) is 14.5. The Morgan fingerprint density at radius 3 is 2.75 bits per heavy atom. The van der Waals surface area contributed by atoms with Gasteiger partial charge in [0.2, 0.25) is 0 Å². The Morgan fingerprint density at radius 1 is 1.22 bits per heavy atom. The molecule has 0 N–H and O–H groups in total. The molecule has 0 fully saturated rings.